The number of nitrogens with zero attached hydrogens (tertiary/aromatic N) is 2. The number of amides is 3. The van der Waals surface area contributed by atoms with Crippen molar-refractivity contribution < 1.29 is 14.0 Å². The number of fused-ring (bicyclic) bond motifs is 1. The van der Waals surface area contributed by atoms with E-state index in [-0.39, 0.29) is 23.8 Å². The standard InChI is InChI=1S/C20H22FN3O2S/c21-15-3-4-18-14(12-15)5-10-24(18)20(26)22-16-6-8-23(9-7-16)19(25)13-17-2-1-11-27-17/h1-4,11-12,16H,5-10,13H2,(H,22,26). The molecule has 1 fully saturated rings. The van der Waals surface area contributed by atoms with E-state index >= 15 is 0 Å². The number of carbonyl (C=O) groups is 2. The molecule has 5 nitrogen and oxygen atoms in total. The summed E-state index contributed by atoms with van der Waals surface area (Å²) in [5, 5.41) is 5.06. The van der Waals surface area contributed by atoms with E-state index in [0.29, 0.717) is 32.5 Å². The van der Waals surface area contributed by atoms with Gasteiger partial charge in [-0.1, -0.05) is 6.07 Å². The smallest absolute Gasteiger partial charge is 0.322 e. The van der Waals surface area contributed by atoms with E-state index in [9.17, 15) is 14.0 Å². The molecule has 1 N–H and O–H groups in total. The monoisotopic (exact) mass is 387 g/mol. The number of urea groups is 1. The molecule has 2 aliphatic rings. The van der Waals surface area contributed by atoms with Crippen LogP contribution >= 0.6 is 11.3 Å². The van der Waals surface area contributed by atoms with Crippen LogP contribution < -0.4 is 10.2 Å². The second kappa shape index (κ2) is 7.68. The summed E-state index contributed by atoms with van der Waals surface area (Å²) in [4.78, 5) is 29.7. The lowest BCUT2D eigenvalue weighted by molar-refractivity contribution is -0.131. The van der Waals surface area contributed by atoms with Crippen LogP contribution in [0.3, 0.4) is 0 Å². The van der Waals surface area contributed by atoms with Gasteiger partial charge in [-0.05, 0) is 54.5 Å². The minimum atomic E-state index is -0.268. The van der Waals surface area contributed by atoms with Crippen LogP contribution in [0.5, 0.6) is 0 Å². The lowest BCUT2D eigenvalue weighted by Gasteiger charge is -2.33. The Bertz CT molecular complexity index is 832. The number of hydrogen-bond donors (Lipinski definition) is 1. The molecule has 3 amide bonds. The summed E-state index contributed by atoms with van der Waals surface area (Å²) in [6.45, 7) is 1.90. The second-order valence-electron chi connectivity index (χ2n) is 7.04. The van der Waals surface area contributed by atoms with Crippen molar-refractivity contribution in [1.82, 2.24) is 10.2 Å². The van der Waals surface area contributed by atoms with E-state index in [1.54, 1.807) is 22.3 Å². The van der Waals surface area contributed by atoms with Gasteiger partial charge in [0.2, 0.25) is 5.91 Å². The zero-order valence-electron chi connectivity index (χ0n) is 15.0. The molecule has 0 unspecified atom stereocenters. The second-order valence-corrected chi connectivity index (χ2v) is 8.07. The van der Waals surface area contributed by atoms with Crippen molar-refractivity contribution in [3.8, 4) is 0 Å². The first-order valence-electron chi connectivity index (χ1n) is 9.27. The van der Waals surface area contributed by atoms with Crippen LogP contribution in [-0.2, 0) is 17.6 Å². The first-order chi connectivity index (χ1) is 13.1. The first kappa shape index (κ1) is 18.0. The molecular formula is C20H22FN3O2S. The molecule has 7 heteroatoms. The van der Waals surface area contributed by atoms with Crippen LogP contribution in [0.1, 0.15) is 23.3 Å². The third kappa shape index (κ3) is 3.98. The molecule has 4 rings (SSSR count). The van der Waals surface area contributed by atoms with Gasteiger partial charge in [-0.2, -0.15) is 0 Å². The summed E-state index contributed by atoms with van der Waals surface area (Å²) in [6, 6.07) is 8.43. The van der Waals surface area contributed by atoms with E-state index < -0.39 is 0 Å². The highest BCUT2D eigenvalue weighted by Crippen LogP contribution is 2.28. The molecule has 2 aliphatic heterocycles. The molecule has 3 heterocycles. The molecule has 1 aromatic carbocycles. The molecule has 0 spiro atoms. The predicted octanol–water partition coefficient (Wildman–Crippen LogP) is 3.19. The summed E-state index contributed by atoms with van der Waals surface area (Å²) >= 11 is 1.60. The van der Waals surface area contributed by atoms with Gasteiger partial charge in [-0.25, -0.2) is 9.18 Å². The van der Waals surface area contributed by atoms with E-state index in [1.165, 1.54) is 12.1 Å². The van der Waals surface area contributed by atoms with E-state index in [0.717, 1.165) is 29.0 Å². The van der Waals surface area contributed by atoms with Crippen LogP contribution in [0.15, 0.2) is 35.7 Å². The van der Waals surface area contributed by atoms with Crippen molar-refractivity contribution >= 4 is 29.0 Å². The van der Waals surface area contributed by atoms with Gasteiger partial charge < -0.3 is 10.2 Å². The number of piperidine rings is 1. The average Bonchev–Trinajstić information content (AvgIpc) is 3.31. The normalized spacial score (nSPS) is 17.1. The van der Waals surface area contributed by atoms with Gasteiger partial charge >= 0.3 is 6.03 Å². The zero-order chi connectivity index (χ0) is 18.8. The summed E-state index contributed by atoms with van der Waals surface area (Å²) in [6.07, 6.45) is 2.64. The number of nitrogens with one attached hydrogen (secondary N) is 1. The zero-order valence-corrected chi connectivity index (χ0v) is 15.8. The molecule has 0 bridgehead atoms. The minimum absolute atomic E-state index is 0.0628. The number of halogens is 1. The van der Waals surface area contributed by atoms with Crippen molar-refractivity contribution in [2.75, 3.05) is 24.5 Å². The maximum absolute atomic E-state index is 13.3. The molecule has 1 saturated heterocycles. The molecule has 0 radical (unpaired) electrons. The largest absolute Gasteiger partial charge is 0.342 e. The highest BCUT2D eigenvalue weighted by Gasteiger charge is 2.29. The van der Waals surface area contributed by atoms with Gasteiger partial charge in [-0.3, -0.25) is 9.69 Å². The van der Waals surface area contributed by atoms with Gasteiger partial charge in [0.1, 0.15) is 5.82 Å². The maximum Gasteiger partial charge on any atom is 0.322 e. The van der Waals surface area contributed by atoms with Crippen LogP contribution in [0, 0.1) is 5.82 Å². The number of hydrogen-bond acceptors (Lipinski definition) is 3. The topological polar surface area (TPSA) is 52.7 Å². The molecule has 142 valence electrons. The summed E-state index contributed by atoms with van der Waals surface area (Å²) in [7, 11) is 0. The fraction of sp³-hybridized carbons (Fsp3) is 0.400. The molecular weight excluding hydrogens is 365 g/mol. The highest BCUT2D eigenvalue weighted by atomic mass is 32.1. The third-order valence-corrected chi connectivity index (χ3v) is 6.14. The van der Waals surface area contributed by atoms with Crippen LogP contribution in [0.4, 0.5) is 14.9 Å². The van der Waals surface area contributed by atoms with Crippen molar-refractivity contribution in [2.24, 2.45) is 0 Å². The number of anilines is 1. The lowest BCUT2D eigenvalue weighted by Crippen LogP contribution is -2.50. The number of likely N-dealkylation sites (tertiary alicyclic amines) is 1. The van der Waals surface area contributed by atoms with Crippen LogP contribution in [-0.4, -0.2) is 42.5 Å². The summed E-state index contributed by atoms with van der Waals surface area (Å²) in [5.74, 6) is -0.117. The fourth-order valence-electron chi connectivity index (χ4n) is 3.78. The molecule has 0 saturated carbocycles. The van der Waals surface area contributed by atoms with Crippen LogP contribution in [0.25, 0.3) is 0 Å². The average molecular weight is 387 g/mol. The number of benzene rings is 1. The summed E-state index contributed by atoms with van der Waals surface area (Å²) in [5.41, 5.74) is 1.66. The Balaban J connectivity index is 1.28. The van der Waals surface area contributed by atoms with E-state index in [2.05, 4.69) is 5.32 Å². The van der Waals surface area contributed by atoms with Crippen molar-refractivity contribution in [3.05, 3.63) is 52.0 Å². The minimum Gasteiger partial charge on any atom is -0.342 e. The Morgan fingerprint density at radius 1 is 1.19 bits per heavy atom. The van der Waals surface area contributed by atoms with Gasteiger partial charge in [0.25, 0.3) is 0 Å². The Labute approximate surface area is 161 Å². The Morgan fingerprint density at radius 3 is 2.74 bits per heavy atom. The molecule has 0 aliphatic carbocycles. The quantitative estimate of drug-likeness (QED) is 0.879. The Morgan fingerprint density at radius 2 is 2.00 bits per heavy atom. The van der Waals surface area contributed by atoms with Crippen LogP contribution in [0.2, 0.25) is 0 Å². The molecule has 2 aromatic rings. The lowest BCUT2D eigenvalue weighted by atomic mass is 10.0. The summed E-state index contributed by atoms with van der Waals surface area (Å²) < 4.78 is 13.3. The Kier molecular flexibility index (Phi) is 5.11. The fourth-order valence-corrected chi connectivity index (χ4v) is 4.48. The van der Waals surface area contributed by atoms with E-state index in [1.807, 2.05) is 22.4 Å². The maximum atomic E-state index is 13.3. The van der Waals surface area contributed by atoms with Gasteiger partial charge in [0.05, 0.1) is 6.42 Å². The SMILES string of the molecule is O=C(Cc1cccs1)N1CCC(NC(=O)N2CCc3cc(F)ccc32)CC1. The Hall–Kier alpha value is -2.41. The molecule has 27 heavy (non-hydrogen) atoms. The number of carbonyl (C=O) groups excluding carboxylic acids is 2. The van der Waals surface area contributed by atoms with Crippen molar-refractivity contribution in [3.63, 3.8) is 0 Å². The number of rotatable bonds is 3. The number of thiophene rings is 1. The highest BCUT2D eigenvalue weighted by molar-refractivity contribution is 7.10. The van der Waals surface area contributed by atoms with E-state index in [4.69, 9.17) is 0 Å². The van der Waals surface area contributed by atoms with Gasteiger partial charge in [-0.15, -0.1) is 11.3 Å². The van der Waals surface area contributed by atoms with Crippen molar-refractivity contribution in [2.45, 2.75) is 31.7 Å². The molecule has 1 aromatic heterocycles. The van der Waals surface area contributed by atoms with Crippen molar-refractivity contribution in [1.29, 1.82) is 0 Å². The first-order valence-corrected chi connectivity index (χ1v) is 10.1. The van der Waals surface area contributed by atoms with Gasteiger partial charge in [0.15, 0.2) is 0 Å². The third-order valence-electron chi connectivity index (χ3n) is 5.26. The predicted molar refractivity (Wildman–Crippen MR) is 104 cm³/mol. The molecule has 0 atom stereocenters. The van der Waals surface area contributed by atoms with Gasteiger partial charge in [0, 0.05) is 36.2 Å².